The quantitative estimate of drug-likeness (QED) is 0.607. The van der Waals surface area contributed by atoms with E-state index in [0.717, 1.165) is 26.2 Å². The Morgan fingerprint density at radius 2 is 1.50 bits per heavy atom. The fraction of sp³-hybridized carbons (Fsp3) is 0.296. The van der Waals surface area contributed by atoms with Gasteiger partial charge in [-0.3, -0.25) is 4.79 Å². The summed E-state index contributed by atoms with van der Waals surface area (Å²) in [6.07, 6.45) is 0. The molecular formula is C27H33N4O+. The Hall–Kier alpha value is -3.31. The van der Waals surface area contributed by atoms with E-state index in [2.05, 4.69) is 83.8 Å². The van der Waals surface area contributed by atoms with Crippen LogP contribution in [-0.4, -0.2) is 52.7 Å². The predicted octanol–water partition coefficient (Wildman–Crippen LogP) is 2.63. The minimum absolute atomic E-state index is 0.0113. The van der Waals surface area contributed by atoms with Crippen molar-refractivity contribution in [1.29, 1.82) is 0 Å². The molecule has 3 aromatic carbocycles. The van der Waals surface area contributed by atoms with Crippen molar-refractivity contribution in [2.75, 3.05) is 56.6 Å². The van der Waals surface area contributed by atoms with Crippen LogP contribution >= 0.6 is 0 Å². The third kappa shape index (κ3) is 5.29. The third-order valence-corrected chi connectivity index (χ3v) is 6.33. The average molecular weight is 430 g/mol. The molecule has 0 saturated carbocycles. The first-order valence-electron chi connectivity index (χ1n) is 11.4. The van der Waals surface area contributed by atoms with Gasteiger partial charge in [0.25, 0.3) is 5.91 Å². The molecular weight excluding hydrogens is 396 g/mol. The fourth-order valence-corrected chi connectivity index (χ4v) is 4.43. The van der Waals surface area contributed by atoms with Gasteiger partial charge < -0.3 is 20.0 Å². The van der Waals surface area contributed by atoms with Gasteiger partial charge in [-0.1, -0.05) is 48.5 Å². The number of hydrogen-bond acceptors (Lipinski definition) is 3. The molecule has 0 spiro atoms. The number of carbonyl (C=O) groups is 1. The molecule has 0 aliphatic carbocycles. The second kappa shape index (κ2) is 10.3. The number of quaternary nitrogens is 1. The molecule has 0 unspecified atom stereocenters. The van der Waals surface area contributed by atoms with Crippen molar-refractivity contribution in [1.82, 2.24) is 5.32 Å². The van der Waals surface area contributed by atoms with Crippen LogP contribution in [-0.2, 0) is 0 Å². The highest BCUT2D eigenvalue weighted by atomic mass is 16.1. The number of nitrogens with one attached hydrogen (secondary N) is 2. The van der Waals surface area contributed by atoms with Crippen molar-refractivity contribution < 1.29 is 9.69 Å². The van der Waals surface area contributed by atoms with Gasteiger partial charge in [0, 0.05) is 36.6 Å². The summed E-state index contributed by atoms with van der Waals surface area (Å²) in [4.78, 5) is 18.8. The van der Waals surface area contributed by atoms with E-state index < -0.39 is 0 Å². The molecule has 5 heteroatoms. The third-order valence-electron chi connectivity index (χ3n) is 6.33. The maximum absolute atomic E-state index is 12.7. The summed E-state index contributed by atoms with van der Waals surface area (Å²) >= 11 is 0. The lowest BCUT2D eigenvalue weighted by Gasteiger charge is -2.38. The lowest BCUT2D eigenvalue weighted by atomic mass is 10.0. The topological polar surface area (TPSA) is 40.0 Å². The van der Waals surface area contributed by atoms with Crippen LogP contribution in [0.5, 0.6) is 0 Å². The molecule has 1 aliphatic heterocycles. The van der Waals surface area contributed by atoms with Crippen LogP contribution in [0.25, 0.3) is 0 Å². The molecule has 0 radical (unpaired) electrons. The van der Waals surface area contributed by atoms with E-state index in [0.29, 0.717) is 12.1 Å². The van der Waals surface area contributed by atoms with Crippen LogP contribution in [0.2, 0.25) is 0 Å². The Morgan fingerprint density at radius 1 is 0.906 bits per heavy atom. The summed E-state index contributed by atoms with van der Waals surface area (Å²) in [5, 5.41) is 3.19. The Kier molecular flexibility index (Phi) is 7.07. The number of amides is 1. The molecule has 1 amide bonds. The van der Waals surface area contributed by atoms with E-state index in [1.807, 2.05) is 30.3 Å². The van der Waals surface area contributed by atoms with Gasteiger partial charge >= 0.3 is 0 Å². The Balaban J connectivity index is 1.48. The summed E-state index contributed by atoms with van der Waals surface area (Å²) in [6.45, 7) is 4.72. The molecule has 5 nitrogen and oxygen atoms in total. The molecule has 1 aliphatic rings. The first-order chi connectivity index (χ1) is 15.6. The molecule has 166 valence electrons. The van der Waals surface area contributed by atoms with Crippen LogP contribution in [0.15, 0.2) is 84.9 Å². The Labute approximate surface area is 191 Å². The second-order valence-corrected chi connectivity index (χ2v) is 8.60. The van der Waals surface area contributed by atoms with Crippen LogP contribution < -0.4 is 20.0 Å². The van der Waals surface area contributed by atoms with Gasteiger partial charge in [0.05, 0.1) is 32.7 Å². The number of anilines is 2. The maximum atomic E-state index is 12.7. The Bertz CT molecular complexity index is 981. The molecule has 1 fully saturated rings. The van der Waals surface area contributed by atoms with Gasteiger partial charge in [-0.05, 0) is 36.4 Å². The molecule has 1 saturated heterocycles. The predicted molar refractivity (Wildman–Crippen MR) is 132 cm³/mol. The number of hydrogen-bond donors (Lipinski definition) is 2. The zero-order valence-corrected chi connectivity index (χ0v) is 19.0. The smallest absolute Gasteiger partial charge is 0.251 e. The molecule has 1 heterocycles. The largest absolute Gasteiger partial charge is 0.378 e. The highest BCUT2D eigenvalue weighted by molar-refractivity contribution is 5.94. The van der Waals surface area contributed by atoms with Crippen molar-refractivity contribution >= 4 is 17.3 Å². The van der Waals surface area contributed by atoms with Gasteiger partial charge in [0.2, 0.25) is 0 Å². The van der Waals surface area contributed by atoms with Crippen molar-refractivity contribution in [2.24, 2.45) is 0 Å². The van der Waals surface area contributed by atoms with E-state index in [4.69, 9.17) is 0 Å². The monoisotopic (exact) mass is 429 g/mol. The van der Waals surface area contributed by atoms with E-state index in [-0.39, 0.29) is 11.9 Å². The molecule has 0 bridgehead atoms. The lowest BCUT2D eigenvalue weighted by Crippen LogP contribution is -3.15. The highest BCUT2D eigenvalue weighted by Crippen LogP contribution is 2.18. The standard InChI is InChI=1S/C27H32N4O/c1-29(2)24-15-13-22(14-16-24)26(21-28-27(32)23-9-5-3-6-10-23)31-19-17-30(18-20-31)25-11-7-4-8-12-25/h3-16,26H,17-21H2,1-2H3,(H,28,32)/p+1/t26-/m0/s1. The van der Waals surface area contributed by atoms with Crippen molar-refractivity contribution in [2.45, 2.75) is 6.04 Å². The summed E-state index contributed by atoms with van der Waals surface area (Å²) in [5.74, 6) is -0.0113. The molecule has 2 N–H and O–H groups in total. The minimum Gasteiger partial charge on any atom is -0.378 e. The first-order valence-corrected chi connectivity index (χ1v) is 11.4. The van der Waals surface area contributed by atoms with Crippen LogP contribution in [0.4, 0.5) is 11.4 Å². The number of nitrogens with zero attached hydrogens (tertiary/aromatic N) is 2. The number of carbonyl (C=O) groups excluding carboxylic acids is 1. The summed E-state index contributed by atoms with van der Waals surface area (Å²) in [7, 11) is 4.11. The molecule has 3 aromatic rings. The fourth-order valence-electron chi connectivity index (χ4n) is 4.43. The van der Waals surface area contributed by atoms with Crippen molar-refractivity contribution in [3.05, 3.63) is 96.1 Å². The van der Waals surface area contributed by atoms with Gasteiger partial charge in [0.15, 0.2) is 0 Å². The summed E-state index contributed by atoms with van der Waals surface area (Å²) < 4.78 is 0. The van der Waals surface area contributed by atoms with Crippen molar-refractivity contribution in [3.8, 4) is 0 Å². The second-order valence-electron chi connectivity index (χ2n) is 8.60. The molecule has 32 heavy (non-hydrogen) atoms. The SMILES string of the molecule is CN(C)c1ccc([C@H](CNC(=O)c2ccccc2)[NH+]2CCN(c3ccccc3)CC2)cc1. The minimum atomic E-state index is -0.0113. The van der Waals surface area contributed by atoms with Crippen molar-refractivity contribution in [3.63, 3.8) is 0 Å². The number of benzene rings is 3. The van der Waals surface area contributed by atoms with Crippen LogP contribution in [0.3, 0.4) is 0 Å². The summed E-state index contributed by atoms with van der Waals surface area (Å²) in [6, 6.07) is 29.1. The lowest BCUT2D eigenvalue weighted by molar-refractivity contribution is -0.931. The van der Waals surface area contributed by atoms with Gasteiger partial charge in [-0.25, -0.2) is 0 Å². The molecule has 4 rings (SSSR count). The van der Waals surface area contributed by atoms with Crippen LogP contribution in [0.1, 0.15) is 22.0 Å². The molecule has 0 aromatic heterocycles. The maximum Gasteiger partial charge on any atom is 0.251 e. The van der Waals surface area contributed by atoms with E-state index in [1.54, 1.807) is 0 Å². The average Bonchev–Trinajstić information content (AvgIpc) is 2.86. The number of para-hydroxylation sites is 1. The van der Waals surface area contributed by atoms with Gasteiger partial charge in [-0.15, -0.1) is 0 Å². The van der Waals surface area contributed by atoms with Crippen LogP contribution in [0, 0.1) is 0 Å². The van der Waals surface area contributed by atoms with Gasteiger partial charge in [-0.2, -0.15) is 0 Å². The van der Waals surface area contributed by atoms with E-state index >= 15 is 0 Å². The normalized spacial score (nSPS) is 15.2. The van der Waals surface area contributed by atoms with E-state index in [1.165, 1.54) is 21.8 Å². The number of piperazine rings is 1. The molecule has 1 atom stereocenters. The van der Waals surface area contributed by atoms with E-state index in [9.17, 15) is 4.79 Å². The zero-order valence-electron chi connectivity index (χ0n) is 19.0. The zero-order chi connectivity index (χ0) is 22.3. The van der Waals surface area contributed by atoms with Gasteiger partial charge in [0.1, 0.15) is 6.04 Å². The Morgan fingerprint density at radius 3 is 2.09 bits per heavy atom. The highest BCUT2D eigenvalue weighted by Gasteiger charge is 2.29. The number of rotatable bonds is 7. The summed E-state index contributed by atoms with van der Waals surface area (Å²) in [5.41, 5.74) is 4.45. The first kappa shape index (κ1) is 21.9.